The maximum atomic E-state index is 10.6. The molecule has 0 amide bonds. The number of carboxylic acid groups (broad SMARTS) is 3. The first-order chi connectivity index (χ1) is 18.5. The van der Waals surface area contributed by atoms with Crippen molar-refractivity contribution in [1.82, 2.24) is 10.6 Å². The van der Waals surface area contributed by atoms with Gasteiger partial charge in [0.2, 0.25) is 0 Å². The lowest BCUT2D eigenvalue weighted by Gasteiger charge is -2.30. The molecule has 2 atom stereocenters. The molecule has 8 nitrogen and oxygen atoms in total. The molecule has 0 saturated heterocycles. The van der Waals surface area contributed by atoms with Crippen LogP contribution in [0.25, 0.3) is 6.08 Å². The molecule has 3 rings (SSSR count). The largest absolute Gasteiger partial charge is 0.490 e. The van der Waals surface area contributed by atoms with E-state index in [0.717, 1.165) is 19.3 Å². The van der Waals surface area contributed by atoms with Gasteiger partial charge in [0.15, 0.2) is 0 Å². The number of hydrogen-bond donors (Lipinski definition) is 5. The van der Waals surface area contributed by atoms with E-state index in [1.165, 1.54) is 24.8 Å². The molecule has 14 heteroatoms. The molecule has 0 radical (unpaired) electrons. The summed E-state index contributed by atoms with van der Waals surface area (Å²) < 4.78 is 63.5. The predicted octanol–water partition coefficient (Wildman–Crippen LogP) is 5.10. The molecule has 226 valence electrons. The molecule has 0 bridgehead atoms. The Kier molecular flexibility index (Phi) is 14.1. The van der Waals surface area contributed by atoms with Crippen LogP contribution in [0.4, 0.5) is 26.3 Å². The molecule has 2 aliphatic rings. The highest BCUT2D eigenvalue weighted by Crippen LogP contribution is 2.40. The van der Waals surface area contributed by atoms with Crippen molar-refractivity contribution in [2.75, 3.05) is 6.54 Å². The van der Waals surface area contributed by atoms with Crippen molar-refractivity contribution in [3.8, 4) is 0 Å². The number of hydrogen-bond acceptors (Lipinski definition) is 5. The van der Waals surface area contributed by atoms with E-state index in [4.69, 9.17) is 24.9 Å². The van der Waals surface area contributed by atoms with Gasteiger partial charge in [0.05, 0.1) is 6.42 Å². The fourth-order valence-corrected chi connectivity index (χ4v) is 4.17. The van der Waals surface area contributed by atoms with Crippen LogP contribution in [-0.4, -0.2) is 70.3 Å². The summed E-state index contributed by atoms with van der Waals surface area (Å²) in [5, 5.41) is 30.2. The van der Waals surface area contributed by atoms with Crippen LogP contribution in [-0.2, 0) is 14.4 Å². The van der Waals surface area contributed by atoms with Crippen molar-refractivity contribution < 1.29 is 56.0 Å². The lowest BCUT2D eigenvalue weighted by Crippen LogP contribution is -2.41. The standard InChI is InChI=1S/C22H32N2O2.2C2HF3O2/c1-2-17(14-16-6-4-3-5-7-16)20-15-21(20)24-19-10-8-18(9-11-19)23-13-12-22(25)26;2*3-2(4,5)1(6)7/h3-7,14,18-21,23-24H,2,8-13,15H2,1H3,(H,25,26);2*(H,6,7)/t18?,19?,20-,21+;;/m0../s1. The summed E-state index contributed by atoms with van der Waals surface area (Å²) in [6.45, 7) is 2.85. The molecule has 2 fully saturated rings. The van der Waals surface area contributed by atoms with Crippen molar-refractivity contribution >= 4 is 24.0 Å². The molecule has 2 saturated carbocycles. The number of aliphatic carboxylic acids is 3. The average Bonchev–Trinajstić information content (AvgIpc) is 3.62. The second-order valence-electron chi connectivity index (χ2n) is 9.35. The zero-order valence-corrected chi connectivity index (χ0v) is 21.8. The van der Waals surface area contributed by atoms with E-state index < -0.39 is 30.3 Å². The minimum atomic E-state index is -5.08. The van der Waals surface area contributed by atoms with Crippen LogP contribution < -0.4 is 10.6 Å². The first kappa shape index (κ1) is 34.9. The highest BCUT2D eigenvalue weighted by Gasteiger charge is 2.41. The summed E-state index contributed by atoms with van der Waals surface area (Å²) in [6.07, 6.45) is -0.508. The Bertz CT molecular complexity index is 952. The quantitative estimate of drug-likeness (QED) is 0.253. The molecule has 2 aliphatic carbocycles. The molecule has 40 heavy (non-hydrogen) atoms. The van der Waals surface area contributed by atoms with Crippen LogP contribution in [0.5, 0.6) is 0 Å². The molecule has 0 aliphatic heterocycles. The van der Waals surface area contributed by atoms with E-state index >= 15 is 0 Å². The van der Waals surface area contributed by atoms with Crippen molar-refractivity contribution in [3.05, 3.63) is 41.5 Å². The summed E-state index contributed by atoms with van der Waals surface area (Å²) in [4.78, 5) is 28.4. The number of halogens is 6. The normalized spacial score (nSPS) is 22.6. The van der Waals surface area contributed by atoms with Gasteiger partial charge in [-0.3, -0.25) is 4.79 Å². The van der Waals surface area contributed by atoms with E-state index in [-0.39, 0.29) is 6.42 Å². The average molecular weight is 585 g/mol. The highest BCUT2D eigenvalue weighted by atomic mass is 19.4. The van der Waals surface area contributed by atoms with Gasteiger partial charge in [-0.25, -0.2) is 9.59 Å². The lowest BCUT2D eigenvalue weighted by molar-refractivity contribution is -0.193. The number of nitrogens with one attached hydrogen (secondary N) is 2. The topological polar surface area (TPSA) is 136 Å². The van der Waals surface area contributed by atoms with E-state index in [0.29, 0.717) is 30.6 Å². The minimum absolute atomic E-state index is 0.218. The summed E-state index contributed by atoms with van der Waals surface area (Å²) in [5.41, 5.74) is 2.88. The molecule has 0 unspecified atom stereocenters. The number of alkyl halides is 6. The van der Waals surface area contributed by atoms with Crippen LogP contribution in [0.2, 0.25) is 0 Å². The number of carboxylic acids is 3. The van der Waals surface area contributed by atoms with Gasteiger partial charge in [0.1, 0.15) is 0 Å². The van der Waals surface area contributed by atoms with Gasteiger partial charge in [0.25, 0.3) is 0 Å². The fraction of sp³-hybridized carbons (Fsp3) is 0.577. The first-order valence-corrected chi connectivity index (χ1v) is 12.6. The molecule has 5 N–H and O–H groups in total. The Morgan fingerprint density at radius 3 is 1.77 bits per heavy atom. The van der Waals surface area contributed by atoms with Gasteiger partial charge in [-0.1, -0.05) is 48.9 Å². The van der Waals surface area contributed by atoms with Crippen molar-refractivity contribution in [1.29, 1.82) is 0 Å². The van der Waals surface area contributed by atoms with Gasteiger partial charge < -0.3 is 26.0 Å². The van der Waals surface area contributed by atoms with E-state index in [2.05, 4.69) is 54.0 Å². The Balaban J connectivity index is 0.000000473. The number of carbonyl (C=O) groups is 3. The predicted molar refractivity (Wildman–Crippen MR) is 133 cm³/mol. The van der Waals surface area contributed by atoms with Crippen LogP contribution in [0.3, 0.4) is 0 Å². The van der Waals surface area contributed by atoms with Crippen LogP contribution in [0.15, 0.2) is 35.9 Å². The SMILES string of the molecule is CCC(=Cc1ccccc1)[C@@H]1C[C@H]1NC1CCC(NCCC(=O)O)CC1.O=C(O)C(F)(F)F.O=C(O)C(F)(F)F. The van der Waals surface area contributed by atoms with Crippen molar-refractivity contribution in [2.24, 2.45) is 5.92 Å². The van der Waals surface area contributed by atoms with E-state index in [1.54, 1.807) is 5.57 Å². The molecular formula is C26H34F6N2O6. The zero-order chi connectivity index (χ0) is 30.5. The van der Waals surface area contributed by atoms with Gasteiger partial charge in [-0.15, -0.1) is 0 Å². The second kappa shape index (κ2) is 16.2. The Labute approximate surface area is 227 Å². The Hall–Kier alpha value is -3.13. The van der Waals surface area contributed by atoms with E-state index in [1.807, 2.05) is 0 Å². The second-order valence-corrected chi connectivity index (χ2v) is 9.35. The summed E-state index contributed by atoms with van der Waals surface area (Å²) in [6, 6.07) is 12.4. The maximum absolute atomic E-state index is 10.6. The molecular weight excluding hydrogens is 550 g/mol. The molecule has 1 aromatic rings. The van der Waals surface area contributed by atoms with E-state index in [9.17, 15) is 31.1 Å². The Morgan fingerprint density at radius 2 is 1.35 bits per heavy atom. The summed E-state index contributed by atoms with van der Waals surface area (Å²) in [7, 11) is 0. The highest BCUT2D eigenvalue weighted by molar-refractivity contribution is 5.73. The van der Waals surface area contributed by atoms with Gasteiger partial charge >= 0.3 is 30.3 Å². The number of rotatable bonds is 9. The van der Waals surface area contributed by atoms with Crippen LogP contribution in [0, 0.1) is 5.92 Å². The molecule has 1 aromatic carbocycles. The third-order valence-electron chi connectivity index (χ3n) is 6.26. The lowest BCUT2D eigenvalue weighted by atomic mass is 9.91. The van der Waals surface area contributed by atoms with Crippen LogP contribution >= 0.6 is 0 Å². The van der Waals surface area contributed by atoms with Gasteiger partial charge in [-0.05, 0) is 50.0 Å². The van der Waals surface area contributed by atoms with Gasteiger partial charge in [0, 0.05) is 24.7 Å². The van der Waals surface area contributed by atoms with Crippen molar-refractivity contribution in [3.63, 3.8) is 0 Å². The molecule has 0 spiro atoms. The van der Waals surface area contributed by atoms with Crippen molar-refractivity contribution in [2.45, 2.75) is 82.3 Å². The number of benzene rings is 1. The first-order valence-electron chi connectivity index (χ1n) is 12.6. The Morgan fingerprint density at radius 1 is 0.875 bits per heavy atom. The minimum Gasteiger partial charge on any atom is -0.481 e. The fourth-order valence-electron chi connectivity index (χ4n) is 4.17. The molecule has 0 heterocycles. The monoisotopic (exact) mass is 584 g/mol. The zero-order valence-electron chi connectivity index (χ0n) is 21.8. The summed E-state index contributed by atoms with van der Waals surface area (Å²) in [5.74, 6) is -5.53. The smallest absolute Gasteiger partial charge is 0.481 e. The third kappa shape index (κ3) is 14.3. The third-order valence-corrected chi connectivity index (χ3v) is 6.26. The summed E-state index contributed by atoms with van der Waals surface area (Å²) >= 11 is 0. The van der Waals surface area contributed by atoms with Crippen LogP contribution in [0.1, 0.15) is 57.4 Å². The molecule has 0 aromatic heterocycles. The van der Waals surface area contributed by atoms with Gasteiger partial charge in [-0.2, -0.15) is 26.3 Å². The maximum Gasteiger partial charge on any atom is 0.490 e.